The topological polar surface area (TPSA) is 54.2 Å². The molecule has 142 valence electrons. The molecule has 2 aromatic rings. The Balaban J connectivity index is 0.00000243. The monoisotopic (exact) mass is 467 g/mol. The van der Waals surface area contributed by atoms with Crippen molar-refractivity contribution in [3.8, 4) is 0 Å². The van der Waals surface area contributed by atoms with Gasteiger partial charge in [0, 0.05) is 32.0 Å². The molecule has 1 aliphatic carbocycles. The minimum Gasteiger partial charge on any atom is -0.354 e. The summed E-state index contributed by atoms with van der Waals surface area (Å²) in [7, 11) is 1.83. The molecular formula is C20H30IN5. The zero-order valence-corrected chi connectivity index (χ0v) is 18.0. The lowest BCUT2D eigenvalue weighted by Gasteiger charge is -2.28. The number of aliphatic imine (C=N–C) groups is 1. The van der Waals surface area contributed by atoms with E-state index in [4.69, 9.17) is 0 Å². The van der Waals surface area contributed by atoms with E-state index >= 15 is 0 Å². The maximum Gasteiger partial charge on any atom is 0.191 e. The Morgan fingerprint density at radius 1 is 1.19 bits per heavy atom. The van der Waals surface area contributed by atoms with Gasteiger partial charge in [0.15, 0.2) is 5.96 Å². The summed E-state index contributed by atoms with van der Waals surface area (Å²) >= 11 is 0. The quantitative estimate of drug-likeness (QED) is 0.400. The molecular weight excluding hydrogens is 437 g/mol. The van der Waals surface area contributed by atoms with Crippen molar-refractivity contribution in [3.63, 3.8) is 0 Å². The fraction of sp³-hybridized carbons (Fsp3) is 0.500. The number of nitrogens with one attached hydrogen (secondary N) is 2. The lowest BCUT2D eigenvalue weighted by molar-refractivity contribution is 0.329. The number of imidazole rings is 1. The molecule has 1 aliphatic rings. The van der Waals surface area contributed by atoms with Crippen molar-refractivity contribution in [3.05, 3.63) is 54.1 Å². The first-order chi connectivity index (χ1) is 12.2. The molecule has 1 saturated carbocycles. The summed E-state index contributed by atoms with van der Waals surface area (Å²) in [4.78, 5) is 8.86. The Labute approximate surface area is 173 Å². The number of benzene rings is 1. The Morgan fingerprint density at radius 2 is 1.92 bits per heavy atom. The minimum absolute atomic E-state index is 0. The average Bonchev–Trinajstić information content (AvgIpc) is 3.08. The number of guanidine groups is 1. The molecule has 1 aromatic heterocycles. The first kappa shape index (κ1) is 20.7. The molecule has 0 unspecified atom stereocenters. The fourth-order valence-corrected chi connectivity index (χ4v) is 3.39. The summed E-state index contributed by atoms with van der Waals surface area (Å²) < 4.78 is 2.18. The Morgan fingerprint density at radius 3 is 2.62 bits per heavy atom. The number of hydrogen-bond donors (Lipinski definition) is 2. The standard InChI is InChI=1S/C20H29N5.HI/c1-16-8-10-18(11-9-16)24-20(21-2)23-14-19-22-12-13-25(19)15-17-6-4-3-5-7-17;/h3-7,12-13,16,18H,8-11,14-15H2,1-2H3,(H2,21,23,24);1H. The van der Waals surface area contributed by atoms with Gasteiger partial charge in [-0.3, -0.25) is 4.99 Å². The van der Waals surface area contributed by atoms with E-state index in [0.717, 1.165) is 24.2 Å². The van der Waals surface area contributed by atoms with E-state index in [0.29, 0.717) is 12.6 Å². The van der Waals surface area contributed by atoms with Crippen molar-refractivity contribution in [1.82, 2.24) is 20.2 Å². The highest BCUT2D eigenvalue weighted by molar-refractivity contribution is 14.0. The van der Waals surface area contributed by atoms with E-state index in [1.54, 1.807) is 0 Å². The van der Waals surface area contributed by atoms with Crippen molar-refractivity contribution in [2.24, 2.45) is 10.9 Å². The van der Waals surface area contributed by atoms with Crippen molar-refractivity contribution in [1.29, 1.82) is 0 Å². The normalized spacial score (nSPS) is 20.3. The second-order valence-electron chi connectivity index (χ2n) is 6.98. The number of hydrogen-bond acceptors (Lipinski definition) is 2. The van der Waals surface area contributed by atoms with Crippen LogP contribution in [0.25, 0.3) is 0 Å². The number of halogens is 1. The molecule has 3 rings (SSSR count). The van der Waals surface area contributed by atoms with E-state index in [9.17, 15) is 0 Å². The van der Waals surface area contributed by atoms with Crippen LogP contribution in [0.5, 0.6) is 0 Å². The SMILES string of the molecule is CN=C(NCc1nccn1Cc1ccccc1)NC1CCC(C)CC1.I. The molecule has 0 bridgehead atoms. The molecule has 1 aromatic carbocycles. The molecule has 0 spiro atoms. The van der Waals surface area contributed by atoms with Gasteiger partial charge in [0.05, 0.1) is 6.54 Å². The average molecular weight is 467 g/mol. The lowest BCUT2D eigenvalue weighted by atomic mass is 9.87. The first-order valence-electron chi connectivity index (χ1n) is 9.25. The molecule has 2 N–H and O–H groups in total. The van der Waals surface area contributed by atoms with Gasteiger partial charge in [-0.2, -0.15) is 0 Å². The van der Waals surface area contributed by atoms with Gasteiger partial charge in [-0.25, -0.2) is 4.98 Å². The zero-order chi connectivity index (χ0) is 17.5. The van der Waals surface area contributed by atoms with Gasteiger partial charge in [0.25, 0.3) is 0 Å². The smallest absolute Gasteiger partial charge is 0.191 e. The summed E-state index contributed by atoms with van der Waals surface area (Å²) in [6, 6.07) is 11.0. The summed E-state index contributed by atoms with van der Waals surface area (Å²) in [5.74, 6) is 2.75. The third kappa shape index (κ3) is 6.00. The van der Waals surface area contributed by atoms with Crippen LogP contribution in [0.3, 0.4) is 0 Å². The van der Waals surface area contributed by atoms with Crippen LogP contribution >= 0.6 is 24.0 Å². The summed E-state index contributed by atoms with van der Waals surface area (Å²) in [6.07, 6.45) is 8.95. The highest BCUT2D eigenvalue weighted by atomic mass is 127. The van der Waals surface area contributed by atoms with Gasteiger partial charge in [0.1, 0.15) is 5.82 Å². The molecule has 6 heteroatoms. The second-order valence-corrected chi connectivity index (χ2v) is 6.98. The zero-order valence-electron chi connectivity index (χ0n) is 15.7. The molecule has 0 saturated heterocycles. The van der Waals surface area contributed by atoms with Gasteiger partial charge in [-0.05, 0) is 37.2 Å². The molecule has 0 atom stereocenters. The van der Waals surface area contributed by atoms with E-state index in [1.807, 2.05) is 25.5 Å². The van der Waals surface area contributed by atoms with E-state index < -0.39 is 0 Å². The molecule has 0 radical (unpaired) electrons. The van der Waals surface area contributed by atoms with Crippen molar-refractivity contribution >= 4 is 29.9 Å². The predicted molar refractivity (Wildman–Crippen MR) is 118 cm³/mol. The van der Waals surface area contributed by atoms with Crippen molar-refractivity contribution in [2.45, 2.75) is 51.7 Å². The van der Waals surface area contributed by atoms with Gasteiger partial charge < -0.3 is 15.2 Å². The molecule has 1 heterocycles. The minimum atomic E-state index is 0. The Kier molecular flexibility index (Phi) is 8.41. The van der Waals surface area contributed by atoms with E-state index in [1.165, 1.54) is 31.2 Å². The Hall–Kier alpha value is -1.57. The third-order valence-corrected chi connectivity index (χ3v) is 4.99. The van der Waals surface area contributed by atoms with Gasteiger partial charge in [-0.15, -0.1) is 24.0 Å². The fourth-order valence-electron chi connectivity index (χ4n) is 3.39. The van der Waals surface area contributed by atoms with E-state index in [2.05, 4.69) is 56.4 Å². The number of nitrogens with zero attached hydrogens (tertiary/aromatic N) is 3. The van der Waals surface area contributed by atoms with Crippen molar-refractivity contribution < 1.29 is 0 Å². The summed E-state index contributed by atoms with van der Waals surface area (Å²) in [5, 5.41) is 6.97. The molecule has 5 nitrogen and oxygen atoms in total. The van der Waals surface area contributed by atoms with Crippen LogP contribution in [0.2, 0.25) is 0 Å². The number of aromatic nitrogens is 2. The van der Waals surface area contributed by atoms with Gasteiger partial charge in [-0.1, -0.05) is 37.3 Å². The van der Waals surface area contributed by atoms with Gasteiger partial charge >= 0.3 is 0 Å². The highest BCUT2D eigenvalue weighted by Crippen LogP contribution is 2.23. The van der Waals surface area contributed by atoms with Crippen LogP contribution < -0.4 is 10.6 Å². The summed E-state index contributed by atoms with van der Waals surface area (Å²) in [5.41, 5.74) is 1.28. The van der Waals surface area contributed by atoms with Crippen LogP contribution in [0.4, 0.5) is 0 Å². The Bertz CT molecular complexity index is 675. The molecule has 26 heavy (non-hydrogen) atoms. The maximum absolute atomic E-state index is 4.49. The van der Waals surface area contributed by atoms with Crippen LogP contribution in [0, 0.1) is 5.92 Å². The summed E-state index contributed by atoms with van der Waals surface area (Å²) in [6.45, 7) is 3.85. The number of rotatable bonds is 5. The first-order valence-corrected chi connectivity index (χ1v) is 9.25. The largest absolute Gasteiger partial charge is 0.354 e. The van der Waals surface area contributed by atoms with Crippen LogP contribution in [0.1, 0.15) is 44.0 Å². The van der Waals surface area contributed by atoms with Crippen LogP contribution in [-0.2, 0) is 13.1 Å². The highest BCUT2D eigenvalue weighted by Gasteiger charge is 2.19. The molecule has 0 aliphatic heterocycles. The van der Waals surface area contributed by atoms with Crippen molar-refractivity contribution in [2.75, 3.05) is 7.05 Å². The third-order valence-electron chi connectivity index (χ3n) is 4.99. The van der Waals surface area contributed by atoms with Crippen LogP contribution in [0.15, 0.2) is 47.7 Å². The molecule has 1 fully saturated rings. The van der Waals surface area contributed by atoms with E-state index in [-0.39, 0.29) is 24.0 Å². The second kappa shape index (κ2) is 10.5. The molecule has 0 amide bonds. The maximum atomic E-state index is 4.49. The predicted octanol–water partition coefficient (Wildman–Crippen LogP) is 3.79. The van der Waals surface area contributed by atoms with Crippen LogP contribution in [-0.4, -0.2) is 28.6 Å². The lowest BCUT2D eigenvalue weighted by Crippen LogP contribution is -2.44. The van der Waals surface area contributed by atoms with Gasteiger partial charge in [0.2, 0.25) is 0 Å².